The maximum Gasteiger partial charge on any atom is 0.287 e. The predicted octanol–water partition coefficient (Wildman–Crippen LogP) is 3.73. The van der Waals surface area contributed by atoms with Gasteiger partial charge < -0.3 is 9.73 Å². The van der Waals surface area contributed by atoms with Crippen LogP contribution in [0.3, 0.4) is 0 Å². The Labute approximate surface area is 117 Å². The zero-order chi connectivity index (χ0) is 14.0. The molecule has 1 amide bonds. The number of hydrogen-bond donors (Lipinski definition) is 1. The van der Waals surface area contributed by atoms with E-state index in [0.717, 1.165) is 16.5 Å². The van der Waals surface area contributed by atoms with Crippen molar-refractivity contribution >= 4 is 28.5 Å². The van der Waals surface area contributed by atoms with Crippen LogP contribution in [-0.2, 0) is 0 Å². The Morgan fingerprint density at radius 3 is 2.79 bits per heavy atom. The van der Waals surface area contributed by atoms with Crippen LogP contribution in [0.25, 0.3) is 11.0 Å². The molecule has 0 spiro atoms. The van der Waals surface area contributed by atoms with Gasteiger partial charge in [-0.15, -0.1) is 11.6 Å². The van der Waals surface area contributed by atoms with Crippen LogP contribution in [-0.4, -0.2) is 17.8 Å². The number of amides is 1. The van der Waals surface area contributed by atoms with Crippen LogP contribution in [0.2, 0.25) is 0 Å². The topological polar surface area (TPSA) is 42.2 Å². The molecule has 102 valence electrons. The number of benzene rings is 1. The molecule has 0 bridgehead atoms. The number of carbonyl (C=O) groups is 1. The van der Waals surface area contributed by atoms with Crippen molar-refractivity contribution in [3.63, 3.8) is 0 Å². The Hall–Kier alpha value is -1.48. The summed E-state index contributed by atoms with van der Waals surface area (Å²) in [5.41, 5.74) is 1.86. The molecule has 1 aromatic heterocycles. The molecule has 1 heterocycles. The van der Waals surface area contributed by atoms with Gasteiger partial charge in [0.2, 0.25) is 0 Å². The molecule has 1 N–H and O–H groups in total. The van der Waals surface area contributed by atoms with Crippen LogP contribution in [0.1, 0.15) is 30.0 Å². The van der Waals surface area contributed by atoms with Gasteiger partial charge in [0.15, 0.2) is 5.76 Å². The average molecular weight is 280 g/mol. The summed E-state index contributed by atoms with van der Waals surface area (Å²) in [4.78, 5) is 12.0. The number of alkyl halides is 1. The third-order valence-corrected chi connectivity index (χ3v) is 3.73. The lowest BCUT2D eigenvalue weighted by Crippen LogP contribution is -2.31. The molecular formula is C15H18ClNO2. The van der Waals surface area contributed by atoms with Crippen molar-refractivity contribution < 1.29 is 9.21 Å². The van der Waals surface area contributed by atoms with E-state index in [9.17, 15) is 4.79 Å². The lowest BCUT2D eigenvalue weighted by atomic mass is 10.1. The minimum Gasteiger partial charge on any atom is -0.451 e. The van der Waals surface area contributed by atoms with Gasteiger partial charge in [0.05, 0.1) is 5.38 Å². The molecule has 0 saturated heterocycles. The Kier molecular flexibility index (Phi) is 4.15. The van der Waals surface area contributed by atoms with E-state index in [1.165, 1.54) is 0 Å². The fourth-order valence-corrected chi connectivity index (χ4v) is 1.86. The molecule has 3 nitrogen and oxygen atoms in total. The standard InChI is InChI=1S/C15H18ClNO2/c1-9(2)12(16)8-17-15(18)14-7-11-6-10(3)4-5-13(11)19-14/h4-7,9,12H,8H2,1-3H3,(H,17,18). The van der Waals surface area contributed by atoms with E-state index in [1.54, 1.807) is 6.07 Å². The van der Waals surface area contributed by atoms with Crippen LogP contribution in [0.15, 0.2) is 28.7 Å². The molecule has 2 rings (SSSR count). The summed E-state index contributed by atoms with van der Waals surface area (Å²) in [7, 11) is 0. The zero-order valence-corrected chi connectivity index (χ0v) is 12.1. The molecule has 1 aromatic carbocycles. The van der Waals surface area contributed by atoms with Gasteiger partial charge in [-0.2, -0.15) is 0 Å². The number of halogens is 1. The molecule has 0 aliphatic heterocycles. The van der Waals surface area contributed by atoms with E-state index in [1.807, 2.05) is 39.0 Å². The lowest BCUT2D eigenvalue weighted by molar-refractivity contribution is 0.0927. The second kappa shape index (κ2) is 5.66. The molecule has 2 aromatic rings. The SMILES string of the molecule is Cc1ccc2oc(C(=O)NCC(Cl)C(C)C)cc2c1. The zero-order valence-electron chi connectivity index (χ0n) is 11.4. The summed E-state index contributed by atoms with van der Waals surface area (Å²) in [6, 6.07) is 7.59. The first kappa shape index (κ1) is 13.9. The normalized spacial score (nSPS) is 12.9. The van der Waals surface area contributed by atoms with Gasteiger partial charge in [-0.1, -0.05) is 25.5 Å². The second-order valence-corrected chi connectivity index (χ2v) is 5.68. The molecule has 0 aliphatic rings. The predicted molar refractivity (Wildman–Crippen MR) is 77.8 cm³/mol. The van der Waals surface area contributed by atoms with Crippen molar-refractivity contribution in [2.75, 3.05) is 6.54 Å². The van der Waals surface area contributed by atoms with E-state index >= 15 is 0 Å². The average Bonchev–Trinajstić information content (AvgIpc) is 2.78. The number of nitrogens with one attached hydrogen (secondary N) is 1. The van der Waals surface area contributed by atoms with E-state index < -0.39 is 0 Å². The molecule has 1 atom stereocenters. The highest BCUT2D eigenvalue weighted by Gasteiger charge is 2.15. The third kappa shape index (κ3) is 3.29. The molecule has 0 aliphatic carbocycles. The molecule has 0 saturated carbocycles. The molecular weight excluding hydrogens is 262 g/mol. The van der Waals surface area contributed by atoms with Gasteiger partial charge in [0, 0.05) is 11.9 Å². The van der Waals surface area contributed by atoms with Crippen LogP contribution >= 0.6 is 11.6 Å². The van der Waals surface area contributed by atoms with Crippen molar-refractivity contribution in [3.8, 4) is 0 Å². The van der Waals surface area contributed by atoms with E-state index in [0.29, 0.717) is 18.2 Å². The first-order valence-electron chi connectivity index (χ1n) is 6.40. The monoisotopic (exact) mass is 279 g/mol. The van der Waals surface area contributed by atoms with Crippen molar-refractivity contribution in [2.24, 2.45) is 5.92 Å². The van der Waals surface area contributed by atoms with Crippen molar-refractivity contribution in [2.45, 2.75) is 26.1 Å². The first-order chi connectivity index (χ1) is 8.97. The summed E-state index contributed by atoms with van der Waals surface area (Å²) in [6.45, 7) is 6.49. The number of aryl methyl sites for hydroxylation is 1. The summed E-state index contributed by atoms with van der Waals surface area (Å²) in [5.74, 6) is 0.425. The van der Waals surface area contributed by atoms with Gasteiger partial charge in [0.1, 0.15) is 5.58 Å². The minimum absolute atomic E-state index is 0.0735. The summed E-state index contributed by atoms with van der Waals surface area (Å²) < 4.78 is 5.52. The van der Waals surface area contributed by atoms with Crippen LogP contribution in [0, 0.1) is 12.8 Å². The van der Waals surface area contributed by atoms with Crippen LogP contribution in [0.5, 0.6) is 0 Å². The van der Waals surface area contributed by atoms with Crippen LogP contribution in [0.4, 0.5) is 0 Å². The fraction of sp³-hybridized carbons (Fsp3) is 0.400. The lowest BCUT2D eigenvalue weighted by Gasteiger charge is -2.13. The van der Waals surface area contributed by atoms with Gasteiger partial charge in [-0.05, 0) is 31.0 Å². The Balaban J connectivity index is 2.09. The smallest absolute Gasteiger partial charge is 0.287 e. The highest BCUT2D eigenvalue weighted by molar-refractivity contribution is 6.21. The minimum atomic E-state index is -0.222. The highest BCUT2D eigenvalue weighted by atomic mass is 35.5. The molecule has 4 heteroatoms. The van der Waals surface area contributed by atoms with Crippen molar-refractivity contribution in [3.05, 3.63) is 35.6 Å². The van der Waals surface area contributed by atoms with E-state index in [4.69, 9.17) is 16.0 Å². The van der Waals surface area contributed by atoms with Crippen LogP contribution < -0.4 is 5.32 Å². The third-order valence-electron chi connectivity index (χ3n) is 3.08. The van der Waals surface area contributed by atoms with Crippen molar-refractivity contribution in [1.82, 2.24) is 5.32 Å². The first-order valence-corrected chi connectivity index (χ1v) is 6.83. The molecule has 0 radical (unpaired) electrons. The van der Waals surface area contributed by atoms with Gasteiger partial charge >= 0.3 is 0 Å². The second-order valence-electron chi connectivity index (χ2n) is 5.12. The maximum atomic E-state index is 12.0. The largest absolute Gasteiger partial charge is 0.451 e. The summed E-state index contributed by atoms with van der Waals surface area (Å²) in [5, 5.41) is 3.66. The number of fused-ring (bicyclic) bond motifs is 1. The number of furan rings is 1. The van der Waals surface area contributed by atoms with Gasteiger partial charge in [0.25, 0.3) is 5.91 Å². The number of carbonyl (C=O) groups excluding carboxylic acids is 1. The Morgan fingerprint density at radius 1 is 1.37 bits per heavy atom. The Bertz CT molecular complexity index is 589. The fourth-order valence-electron chi connectivity index (χ4n) is 1.79. The molecule has 0 fully saturated rings. The molecule has 19 heavy (non-hydrogen) atoms. The van der Waals surface area contributed by atoms with Crippen molar-refractivity contribution in [1.29, 1.82) is 0 Å². The Morgan fingerprint density at radius 2 is 2.11 bits per heavy atom. The van der Waals surface area contributed by atoms with Gasteiger partial charge in [-0.3, -0.25) is 4.79 Å². The summed E-state index contributed by atoms with van der Waals surface area (Å²) >= 11 is 6.10. The quantitative estimate of drug-likeness (QED) is 0.867. The highest BCUT2D eigenvalue weighted by Crippen LogP contribution is 2.20. The number of hydrogen-bond acceptors (Lipinski definition) is 2. The molecule has 1 unspecified atom stereocenters. The van der Waals surface area contributed by atoms with E-state index in [-0.39, 0.29) is 11.3 Å². The summed E-state index contributed by atoms with van der Waals surface area (Å²) in [6.07, 6.45) is 0. The number of rotatable bonds is 4. The van der Waals surface area contributed by atoms with Gasteiger partial charge in [-0.25, -0.2) is 0 Å². The maximum absolute atomic E-state index is 12.0. The van der Waals surface area contributed by atoms with E-state index in [2.05, 4.69) is 5.32 Å².